The van der Waals surface area contributed by atoms with Crippen LogP contribution >= 0.6 is 0 Å². The largest absolute Gasteiger partial charge is 0.346 e. The van der Waals surface area contributed by atoms with Crippen LogP contribution in [0.1, 0.15) is 57.6 Å². The molecule has 1 atom stereocenters. The van der Waals surface area contributed by atoms with Gasteiger partial charge in [-0.05, 0) is 72.9 Å². The Kier molecular flexibility index (Phi) is 6.91. The number of para-hydroxylation sites is 2. The standard InChI is InChI=1S/C31H30N6O/c38-31(34-19-25-9-3-4-17-32-25)24-15-13-22(14-16-24)20-37(21-29-35-26-10-1-2-11-27(26)36-29)28-12-5-7-23-8-6-18-33-30(23)28/h1-4,6,8-11,13-18,28H,5,7,12,19-21H2,(H,34,38)(H,35,36). The molecule has 5 aromatic rings. The van der Waals surface area contributed by atoms with Gasteiger partial charge in [-0.3, -0.25) is 19.7 Å². The molecule has 7 nitrogen and oxygen atoms in total. The monoisotopic (exact) mass is 502 g/mol. The van der Waals surface area contributed by atoms with Gasteiger partial charge < -0.3 is 10.3 Å². The number of H-pyrrole nitrogens is 1. The highest BCUT2D eigenvalue weighted by Crippen LogP contribution is 2.34. The summed E-state index contributed by atoms with van der Waals surface area (Å²) in [6.45, 7) is 1.82. The van der Waals surface area contributed by atoms with E-state index < -0.39 is 0 Å². The minimum absolute atomic E-state index is 0.105. The molecule has 3 heterocycles. The van der Waals surface area contributed by atoms with Crippen LogP contribution in [0, 0.1) is 0 Å². The zero-order valence-corrected chi connectivity index (χ0v) is 21.2. The Hall–Kier alpha value is -4.36. The van der Waals surface area contributed by atoms with Crippen LogP contribution in [-0.2, 0) is 26.1 Å². The summed E-state index contributed by atoms with van der Waals surface area (Å²) in [5, 5.41) is 2.95. The summed E-state index contributed by atoms with van der Waals surface area (Å²) in [5.41, 5.74) is 7.14. The van der Waals surface area contributed by atoms with Crippen molar-refractivity contribution in [1.29, 1.82) is 0 Å². The summed E-state index contributed by atoms with van der Waals surface area (Å²) in [6.07, 6.45) is 6.89. The van der Waals surface area contributed by atoms with Crippen LogP contribution in [-0.4, -0.2) is 30.7 Å². The lowest BCUT2D eigenvalue weighted by Crippen LogP contribution is -2.32. The third-order valence-electron chi connectivity index (χ3n) is 7.16. The lowest BCUT2D eigenvalue weighted by molar-refractivity contribution is 0.0950. The number of carbonyl (C=O) groups is 1. The van der Waals surface area contributed by atoms with E-state index in [9.17, 15) is 4.79 Å². The predicted molar refractivity (Wildman–Crippen MR) is 147 cm³/mol. The second-order valence-corrected chi connectivity index (χ2v) is 9.76. The fourth-order valence-corrected chi connectivity index (χ4v) is 5.26. The van der Waals surface area contributed by atoms with E-state index in [0.29, 0.717) is 18.7 Å². The molecule has 1 amide bonds. The molecule has 3 aromatic heterocycles. The molecular weight excluding hydrogens is 472 g/mol. The molecule has 1 aliphatic rings. The topological polar surface area (TPSA) is 86.8 Å². The van der Waals surface area contributed by atoms with Gasteiger partial charge in [-0.25, -0.2) is 4.98 Å². The summed E-state index contributed by atoms with van der Waals surface area (Å²) in [7, 11) is 0. The lowest BCUT2D eigenvalue weighted by atomic mass is 9.90. The molecule has 1 aliphatic carbocycles. The molecule has 0 radical (unpaired) electrons. The van der Waals surface area contributed by atoms with Crippen LogP contribution in [0.25, 0.3) is 11.0 Å². The highest BCUT2D eigenvalue weighted by atomic mass is 16.1. The highest BCUT2D eigenvalue weighted by Gasteiger charge is 2.28. The van der Waals surface area contributed by atoms with E-state index in [-0.39, 0.29) is 11.9 Å². The first-order valence-corrected chi connectivity index (χ1v) is 13.1. The van der Waals surface area contributed by atoms with Gasteiger partial charge in [-0.2, -0.15) is 0 Å². The smallest absolute Gasteiger partial charge is 0.251 e. The summed E-state index contributed by atoms with van der Waals surface area (Å²) in [6, 6.07) is 26.1. The van der Waals surface area contributed by atoms with Crippen molar-refractivity contribution in [2.24, 2.45) is 0 Å². The fraction of sp³-hybridized carbons (Fsp3) is 0.226. The number of imidazole rings is 1. The molecule has 0 saturated carbocycles. The van der Waals surface area contributed by atoms with E-state index in [2.05, 4.69) is 32.3 Å². The third-order valence-corrected chi connectivity index (χ3v) is 7.16. The molecule has 0 bridgehead atoms. The summed E-state index contributed by atoms with van der Waals surface area (Å²) < 4.78 is 0. The molecule has 7 heteroatoms. The van der Waals surface area contributed by atoms with Gasteiger partial charge in [-0.1, -0.05) is 36.4 Å². The van der Waals surface area contributed by atoms with Crippen LogP contribution < -0.4 is 5.32 Å². The van der Waals surface area contributed by atoms with Gasteiger partial charge in [-0.15, -0.1) is 0 Å². The minimum Gasteiger partial charge on any atom is -0.346 e. The van der Waals surface area contributed by atoms with Crippen LogP contribution in [0.2, 0.25) is 0 Å². The number of rotatable bonds is 8. The normalized spacial score (nSPS) is 14.9. The first-order valence-electron chi connectivity index (χ1n) is 13.1. The maximum Gasteiger partial charge on any atom is 0.251 e. The zero-order chi connectivity index (χ0) is 25.7. The number of hydrogen-bond acceptors (Lipinski definition) is 5. The summed E-state index contributed by atoms with van der Waals surface area (Å²) in [5.74, 6) is 0.839. The van der Waals surface area contributed by atoms with Crippen molar-refractivity contribution in [2.45, 2.75) is 44.9 Å². The van der Waals surface area contributed by atoms with Crippen molar-refractivity contribution in [3.63, 3.8) is 0 Å². The van der Waals surface area contributed by atoms with Gasteiger partial charge in [0.25, 0.3) is 5.91 Å². The average molecular weight is 503 g/mol. The highest BCUT2D eigenvalue weighted by molar-refractivity contribution is 5.94. The Morgan fingerprint density at radius 1 is 0.921 bits per heavy atom. The number of benzene rings is 2. The second kappa shape index (κ2) is 10.9. The molecular formula is C31H30N6O. The molecule has 0 aliphatic heterocycles. The zero-order valence-electron chi connectivity index (χ0n) is 21.2. The maximum absolute atomic E-state index is 12.7. The van der Waals surface area contributed by atoms with Crippen LogP contribution in [0.15, 0.2) is 91.3 Å². The molecule has 38 heavy (non-hydrogen) atoms. The molecule has 0 saturated heterocycles. The Morgan fingerprint density at radius 2 is 1.76 bits per heavy atom. The van der Waals surface area contributed by atoms with E-state index in [1.165, 1.54) is 11.3 Å². The van der Waals surface area contributed by atoms with Gasteiger partial charge in [0.1, 0.15) is 5.82 Å². The summed E-state index contributed by atoms with van der Waals surface area (Å²) in [4.78, 5) is 32.6. The third kappa shape index (κ3) is 5.33. The molecule has 6 rings (SSSR count). The van der Waals surface area contributed by atoms with Gasteiger partial charge in [0.05, 0.1) is 41.6 Å². The number of amides is 1. The number of aryl methyl sites for hydroxylation is 1. The number of nitrogens with zero attached hydrogens (tertiary/aromatic N) is 4. The number of aromatic amines is 1. The molecule has 0 spiro atoms. The predicted octanol–water partition coefficient (Wildman–Crippen LogP) is 5.36. The number of hydrogen-bond donors (Lipinski definition) is 2. The Bertz CT molecular complexity index is 1500. The van der Waals surface area contributed by atoms with Crippen molar-refractivity contribution in [3.05, 3.63) is 125 Å². The number of carbonyl (C=O) groups excluding carboxylic acids is 1. The number of nitrogens with one attached hydrogen (secondary N) is 2. The summed E-state index contributed by atoms with van der Waals surface area (Å²) >= 11 is 0. The SMILES string of the molecule is O=C(NCc1ccccn1)c1ccc(CN(Cc2nc3ccccc3[nH]2)C2CCCc3cccnc32)cc1. The molecule has 190 valence electrons. The first kappa shape index (κ1) is 24.0. The van der Waals surface area contributed by atoms with Crippen LogP contribution in [0.3, 0.4) is 0 Å². The fourth-order valence-electron chi connectivity index (χ4n) is 5.26. The molecule has 1 unspecified atom stereocenters. The van der Waals surface area contributed by atoms with E-state index >= 15 is 0 Å². The van der Waals surface area contributed by atoms with Gasteiger partial charge in [0.15, 0.2) is 0 Å². The van der Waals surface area contributed by atoms with E-state index in [1.54, 1.807) is 6.20 Å². The van der Waals surface area contributed by atoms with Crippen molar-refractivity contribution in [3.8, 4) is 0 Å². The van der Waals surface area contributed by atoms with Crippen molar-refractivity contribution >= 4 is 16.9 Å². The second-order valence-electron chi connectivity index (χ2n) is 9.76. The number of aromatic nitrogens is 4. The Balaban J connectivity index is 1.22. The van der Waals surface area contributed by atoms with E-state index in [0.717, 1.165) is 53.9 Å². The van der Waals surface area contributed by atoms with Crippen molar-refractivity contribution in [1.82, 2.24) is 30.2 Å². The molecule has 2 N–H and O–H groups in total. The lowest BCUT2D eigenvalue weighted by Gasteiger charge is -2.34. The molecule has 2 aromatic carbocycles. The van der Waals surface area contributed by atoms with Gasteiger partial charge in [0.2, 0.25) is 0 Å². The Morgan fingerprint density at radius 3 is 2.61 bits per heavy atom. The van der Waals surface area contributed by atoms with Crippen molar-refractivity contribution in [2.75, 3.05) is 0 Å². The van der Waals surface area contributed by atoms with Crippen molar-refractivity contribution < 1.29 is 4.79 Å². The van der Waals surface area contributed by atoms with Gasteiger partial charge >= 0.3 is 0 Å². The Labute approximate surface area is 222 Å². The van der Waals surface area contributed by atoms with Gasteiger partial charge in [0, 0.05) is 24.5 Å². The number of fused-ring (bicyclic) bond motifs is 2. The maximum atomic E-state index is 12.7. The first-order chi connectivity index (χ1) is 18.7. The minimum atomic E-state index is -0.105. The molecule has 0 fully saturated rings. The van der Waals surface area contributed by atoms with Crippen LogP contribution in [0.4, 0.5) is 0 Å². The van der Waals surface area contributed by atoms with E-state index in [4.69, 9.17) is 9.97 Å². The average Bonchev–Trinajstić information content (AvgIpc) is 3.39. The van der Waals surface area contributed by atoms with E-state index in [1.807, 2.05) is 72.9 Å². The van der Waals surface area contributed by atoms with Crippen LogP contribution in [0.5, 0.6) is 0 Å². The quantitative estimate of drug-likeness (QED) is 0.298. The number of pyridine rings is 2.